The average molecular weight is 473 g/mol. The first-order valence-corrected chi connectivity index (χ1v) is 12.1. The van der Waals surface area contributed by atoms with Gasteiger partial charge in [-0.1, -0.05) is 42.5 Å². The van der Waals surface area contributed by atoms with Gasteiger partial charge >= 0.3 is 5.97 Å². The molecule has 0 fully saturated rings. The van der Waals surface area contributed by atoms with Crippen molar-refractivity contribution in [1.82, 2.24) is 9.47 Å². The molecule has 1 atom stereocenters. The average Bonchev–Trinajstić information content (AvgIpc) is 3.14. The van der Waals surface area contributed by atoms with Crippen LogP contribution in [-0.2, 0) is 40.3 Å². The predicted octanol–water partition coefficient (Wildman–Crippen LogP) is 5.40. The maximum Gasteiger partial charge on any atom is 0.325 e. The second kappa shape index (κ2) is 9.53. The van der Waals surface area contributed by atoms with E-state index in [0.29, 0.717) is 26.0 Å². The van der Waals surface area contributed by atoms with Crippen LogP contribution in [0.25, 0.3) is 21.7 Å². The Morgan fingerprint density at radius 2 is 1.89 bits per heavy atom. The van der Waals surface area contributed by atoms with Gasteiger partial charge in [-0.3, -0.25) is 9.59 Å². The van der Waals surface area contributed by atoms with Gasteiger partial charge < -0.3 is 14.2 Å². The number of esters is 1. The van der Waals surface area contributed by atoms with Crippen molar-refractivity contribution < 1.29 is 18.7 Å². The first-order valence-electron chi connectivity index (χ1n) is 12.1. The lowest BCUT2D eigenvalue weighted by atomic mass is 9.89. The summed E-state index contributed by atoms with van der Waals surface area (Å²) in [6, 6.07) is 19.1. The van der Waals surface area contributed by atoms with E-state index < -0.39 is 0 Å². The number of halogens is 1. The molecule has 5 nitrogen and oxygen atoms in total. The van der Waals surface area contributed by atoms with E-state index in [2.05, 4.69) is 24.3 Å². The van der Waals surface area contributed by atoms with Gasteiger partial charge in [0.1, 0.15) is 12.4 Å². The van der Waals surface area contributed by atoms with Crippen LogP contribution in [-0.4, -0.2) is 34.0 Å². The number of aromatic nitrogens is 1. The number of nitrogens with zero attached hydrogens (tertiary/aromatic N) is 2. The fourth-order valence-electron chi connectivity index (χ4n) is 5.50. The van der Waals surface area contributed by atoms with E-state index in [1.54, 1.807) is 26.0 Å². The molecule has 0 N–H and O–H groups in total. The minimum Gasteiger partial charge on any atom is -0.465 e. The number of rotatable bonds is 6. The Kier molecular flexibility index (Phi) is 6.29. The molecule has 180 valence electrons. The van der Waals surface area contributed by atoms with Crippen molar-refractivity contribution in [3.05, 3.63) is 83.3 Å². The molecule has 1 amide bonds. The highest BCUT2D eigenvalue weighted by atomic mass is 19.1. The third-order valence-corrected chi connectivity index (χ3v) is 7.06. The molecular formula is C29H29FN2O3. The summed E-state index contributed by atoms with van der Waals surface area (Å²) in [6.45, 7) is 4.34. The first kappa shape index (κ1) is 23.1. The highest BCUT2D eigenvalue weighted by molar-refractivity contribution is 5.88. The summed E-state index contributed by atoms with van der Waals surface area (Å²) >= 11 is 0. The minimum absolute atomic E-state index is 0.0103. The summed E-state index contributed by atoms with van der Waals surface area (Å²) in [6.07, 6.45) is 2.10. The Morgan fingerprint density at radius 1 is 1.09 bits per heavy atom. The Balaban J connectivity index is 1.50. The van der Waals surface area contributed by atoms with Crippen LogP contribution in [0.5, 0.6) is 0 Å². The van der Waals surface area contributed by atoms with Gasteiger partial charge in [-0.2, -0.15) is 0 Å². The van der Waals surface area contributed by atoms with Crippen LogP contribution in [0.1, 0.15) is 37.1 Å². The highest BCUT2D eigenvalue weighted by Gasteiger charge is 2.31. The molecule has 4 aromatic rings. The summed E-state index contributed by atoms with van der Waals surface area (Å²) in [5, 5.41) is 3.10. The second-order valence-corrected chi connectivity index (χ2v) is 9.16. The van der Waals surface area contributed by atoms with Gasteiger partial charge in [-0.25, -0.2) is 4.39 Å². The number of benzene rings is 3. The van der Waals surface area contributed by atoms with Gasteiger partial charge in [0.15, 0.2) is 0 Å². The Morgan fingerprint density at radius 3 is 2.69 bits per heavy atom. The van der Waals surface area contributed by atoms with Crippen LogP contribution in [0.2, 0.25) is 0 Å². The third kappa shape index (κ3) is 4.41. The normalized spacial score (nSPS) is 15.2. The molecule has 0 saturated carbocycles. The van der Waals surface area contributed by atoms with Gasteiger partial charge in [0.2, 0.25) is 5.91 Å². The van der Waals surface area contributed by atoms with Gasteiger partial charge in [0.25, 0.3) is 0 Å². The molecule has 0 aliphatic heterocycles. The number of fused-ring (bicyclic) bond motifs is 4. The van der Waals surface area contributed by atoms with Crippen molar-refractivity contribution in [2.24, 2.45) is 0 Å². The molecule has 1 aliphatic carbocycles. The zero-order chi connectivity index (χ0) is 24.5. The van der Waals surface area contributed by atoms with Gasteiger partial charge in [0, 0.05) is 36.1 Å². The molecule has 1 heterocycles. The summed E-state index contributed by atoms with van der Waals surface area (Å²) < 4.78 is 21.4. The van der Waals surface area contributed by atoms with E-state index in [9.17, 15) is 14.0 Å². The minimum atomic E-state index is -0.310. The lowest BCUT2D eigenvalue weighted by Gasteiger charge is -2.34. The standard InChI is InChI=1S/C29H29FN2O3/c1-3-35-29(34)18-32-27-13-11-22(30)15-25(27)26-16-23(12-14-28(26)32)31(19(2)33)17-21-9-6-8-20-7-4-5-10-24(20)21/h4-11,13,15,23H,3,12,14,16-18H2,1-2H3/t23-/m0/s1. The van der Waals surface area contributed by atoms with E-state index >= 15 is 0 Å². The van der Waals surface area contributed by atoms with Crippen LogP contribution in [0.3, 0.4) is 0 Å². The molecule has 0 bridgehead atoms. The van der Waals surface area contributed by atoms with Gasteiger partial charge in [-0.05, 0) is 66.3 Å². The zero-order valence-corrected chi connectivity index (χ0v) is 20.1. The second-order valence-electron chi connectivity index (χ2n) is 9.16. The molecule has 6 heteroatoms. The van der Waals surface area contributed by atoms with E-state index in [1.807, 2.05) is 27.7 Å². The number of carbonyl (C=O) groups is 2. The number of hydrogen-bond donors (Lipinski definition) is 0. The monoisotopic (exact) mass is 472 g/mol. The SMILES string of the molecule is CCOC(=O)Cn1c2c(c3cc(F)ccc31)C[C@@H](N(Cc1cccc3ccccc13)C(C)=O)CC2. The third-order valence-electron chi connectivity index (χ3n) is 7.06. The molecule has 1 aromatic heterocycles. The molecule has 35 heavy (non-hydrogen) atoms. The fraction of sp³-hybridized carbons (Fsp3) is 0.310. The van der Waals surface area contributed by atoms with E-state index in [4.69, 9.17) is 4.74 Å². The quantitative estimate of drug-likeness (QED) is 0.353. The Labute approximate surface area is 204 Å². The Hall–Kier alpha value is -3.67. The van der Waals surface area contributed by atoms with Gasteiger partial charge in [-0.15, -0.1) is 0 Å². The van der Waals surface area contributed by atoms with Crippen molar-refractivity contribution in [2.75, 3.05) is 6.61 Å². The highest BCUT2D eigenvalue weighted by Crippen LogP contribution is 2.35. The summed E-state index contributed by atoms with van der Waals surface area (Å²) in [5.74, 6) is -0.595. The number of amides is 1. The Bertz CT molecular complexity index is 1420. The lowest BCUT2D eigenvalue weighted by molar-refractivity contribution is -0.143. The summed E-state index contributed by atoms with van der Waals surface area (Å²) in [7, 11) is 0. The van der Waals surface area contributed by atoms with Gasteiger partial charge in [0.05, 0.1) is 6.61 Å². The lowest BCUT2D eigenvalue weighted by Crippen LogP contribution is -2.42. The van der Waals surface area contributed by atoms with Crippen molar-refractivity contribution in [2.45, 2.75) is 52.2 Å². The fourth-order valence-corrected chi connectivity index (χ4v) is 5.50. The molecule has 5 rings (SSSR count). The van der Waals surface area contributed by atoms with E-state index in [-0.39, 0.29) is 30.3 Å². The number of hydrogen-bond acceptors (Lipinski definition) is 3. The molecular weight excluding hydrogens is 443 g/mol. The topological polar surface area (TPSA) is 51.5 Å². The maximum absolute atomic E-state index is 14.3. The van der Waals surface area contributed by atoms with Crippen molar-refractivity contribution in [3.8, 4) is 0 Å². The number of carbonyl (C=O) groups excluding carboxylic acids is 2. The molecule has 0 radical (unpaired) electrons. The van der Waals surface area contributed by atoms with E-state index in [0.717, 1.165) is 44.9 Å². The maximum atomic E-state index is 14.3. The van der Waals surface area contributed by atoms with Crippen molar-refractivity contribution in [1.29, 1.82) is 0 Å². The van der Waals surface area contributed by atoms with Crippen LogP contribution in [0.15, 0.2) is 60.7 Å². The molecule has 0 saturated heterocycles. The molecule has 0 unspecified atom stereocenters. The molecule has 0 spiro atoms. The van der Waals surface area contributed by atoms with E-state index in [1.165, 1.54) is 6.07 Å². The predicted molar refractivity (Wildman–Crippen MR) is 135 cm³/mol. The largest absolute Gasteiger partial charge is 0.465 e. The van der Waals surface area contributed by atoms with Crippen LogP contribution >= 0.6 is 0 Å². The van der Waals surface area contributed by atoms with Crippen LogP contribution in [0.4, 0.5) is 4.39 Å². The zero-order valence-electron chi connectivity index (χ0n) is 20.1. The molecule has 3 aromatic carbocycles. The summed E-state index contributed by atoms with van der Waals surface area (Å²) in [5.41, 5.74) is 3.99. The van der Waals surface area contributed by atoms with Crippen LogP contribution in [0, 0.1) is 5.82 Å². The molecule has 1 aliphatic rings. The van der Waals surface area contributed by atoms with Crippen molar-refractivity contribution in [3.63, 3.8) is 0 Å². The summed E-state index contributed by atoms with van der Waals surface area (Å²) in [4.78, 5) is 27.1. The first-order chi connectivity index (χ1) is 17.0. The van der Waals surface area contributed by atoms with Crippen molar-refractivity contribution >= 4 is 33.6 Å². The van der Waals surface area contributed by atoms with Crippen LogP contribution < -0.4 is 0 Å². The number of ether oxygens (including phenoxy) is 1. The smallest absolute Gasteiger partial charge is 0.325 e.